The van der Waals surface area contributed by atoms with Crippen LogP contribution in [0.1, 0.15) is 42.1 Å². The van der Waals surface area contributed by atoms with Crippen LogP contribution in [0.2, 0.25) is 0 Å². The highest BCUT2D eigenvalue weighted by Gasteiger charge is 2.30. The molecule has 2 atom stereocenters. The Morgan fingerprint density at radius 3 is 2.07 bits per heavy atom. The Bertz CT molecular complexity index is 921. The van der Waals surface area contributed by atoms with E-state index in [0.717, 1.165) is 28.5 Å². The number of sulfonamides is 1. The number of aryl methyl sites for hydroxylation is 3. The molecule has 0 spiro atoms. The van der Waals surface area contributed by atoms with E-state index in [1.54, 1.807) is 19.1 Å². The van der Waals surface area contributed by atoms with Crippen molar-refractivity contribution in [1.29, 1.82) is 0 Å². The summed E-state index contributed by atoms with van der Waals surface area (Å²) in [6, 6.07) is 12.2. The van der Waals surface area contributed by atoms with E-state index >= 15 is 0 Å². The third-order valence-electron chi connectivity index (χ3n) is 4.77. The van der Waals surface area contributed by atoms with E-state index in [1.807, 2.05) is 58.0 Å². The maximum atomic E-state index is 12.8. The largest absolute Gasteiger partial charge is 0.348 e. The summed E-state index contributed by atoms with van der Waals surface area (Å²) in [5, 5.41) is 2.92. The Kier molecular flexibility index (Phi) is 6.31. The van der Waals surface area contributed by atoms with Crippen molar-refractivity contribution < 1.29 is 13.2 Å². The minimum absolute atomic E-state index is 0.221. The van der Waals surface area contributed by atoms with Crippen molar-refractivity contribution in [1.82, 2.24) is 5.32 Å². The fraction of sp³-hybridized carbons (Fsp3) is 0.381. The topological polar surface area (TPSA) is 66.5 Å². The van der Waals surface area contributed by atoms with E-state index in [-0.39, 0.29) is 11.9 Å². The SMILES string of the molecule is Cc1ccc([C@@H](C)NC(=O)[C@@H](C)N(c2ccc(C)c(C)c2)S(C)(=O)=O)cc1. The van der Waals surface area contributed by atoms with Crippen LogP contribution in [0.15, 0.2) is 42.5 Å². The molecule has 0 aliphatic heterocycles. The standard InChI is InChI=1S/C21H28N2O3S/c1-14-7-10-19(11-8-14)17(4)22-21(24)18(5)23(27(6,25)26)20-12-9-15(2)16(3)13-20/h7-13,17-18H,1-6H3,(H,22,24)/t17-,18-/m1/s1. The summed E-state index contributed by atoms with van der Waals surface area (Å²) in [4.78, 5) is 12.8. The molecule has 0 bridgehead atoms. The van der Waals surface area contributed by atoms with Gasteiger partial charge in [0.05, 0.1) is 18.0 Å². The summed E-state index contributed by atoms with van der Waals surface area (Å²) in [7, 11) is -3.63. The Balaban J connectivity index is 2.26. The summed E-state index contributed by atoms with van der Waals surface area (Å²) in [6.07, 6.45) is 1.12. The van der Waals surface area contributed by atoms with Gasteiger partial charge in [0, 0.05) is 0 Å². The number of anilines is 1. The van der Waals surface area contributed by atoms with Crippen LogP contribution in [0.3, 0.4) is 0 Å². The summed E-state index contributed by atoms with van der Waals surface area (Å²) in [6.45, 7) is 9.37. The highest BCUT2D eigenvalue weighted by molar-refractivity contribution is 7.92. The van der Waals surface area contributed by atoms with E-state index in [2.05, 4.69) is 5.32 Å². The van der Waals surface area contributed by atoms with Gasteiger partial charge in [-0.3, -0.25) is 9.10 Å². The average Bonchev–Trinajstić information content (AvgIpc) is 2.57. The molecule has 146 valence electrons. The van der Waals surface area contributed by atoms with Crippen molar-refractivity contribution >= 4 is 21.6 Å². The Labute approximate surface area is 162 Å². The molecule has 0 aliphatic carbocycles. The van der Waals surface area contributed by atoms with E-state index in [1.165, 1.54) is 4.31 Å². The number of hydrogen-bond acceptors (Lipinski definition) is 3. The summed E-state index contributed by atoms with van der Waals surface area (Å²) >= 11 is 0. The smallest absolute Gasteiger partial charge is 0.244 e. The van der Waals surface area contributed by atoms with Crippen molar-refractivity contribution in [3.05, 3.63) is 64.7 Å². The van der Waals surface area contributed by atoms with Gasteiger partial charge in [-0.2, -0.15) is 0 Å². The maximum Gasteiger partial charge on any atom is 0.244 e. The first-order chi connectivity index (χ1) is 12.5. The van der Waals surface area contributed by atoms with Gasteiger partial charge in [0.1, 0.15) is 6.04 Å². The monoisotopic (exact) mass is 388 g/mol. The second-order valence-electron chi connectivity index (χ2n) is 7.14. The fourth-order valence-electron chi connectivity index (χ4n) is 2.94. The van der Waals surface area contributed by atoms with Crippen LogP contribution < -0.4 is 9.62 Å². The quantitative estimate of drug-likeness (QED) is 0.821. The fourth-order valence-corrected chi connectivity index (χ4v) is 4.11. The van der Waals surface area contributed by atoms with E-state index < -0.39 is 16.1 Å². The van der Waals surface area contributed by atoms with Crippen LogP contribution in [0.4, 0.5) is 5.69 Å². The maximum absolute atomic E-state index is 12.8. The molecule has 6 heteroatoms. The van der Waals surface area contributed by atoms with Crippen LogP contribution in [-0.4, -0.2) is 26.6 Å². The van der Waals surface area contributed by atoms with Gasteiger partial charge in [0.25, 0.3) is 0 Å². The van der Waals surface area contributed by atoms with Gasteiger partial charge in [-0.15, -0.1) is 0 Å². The highest BCUT2D eigenvalue weighted by Crippen LogP contribution is 2.24. The van der Waals surface area contributed by atoms with Crippen molar-refractivity contribution in [2.45, 2.75) is 46.7 Å². The molecule has 1 N–H and O–H groups in total. The molecule has 1 amide bonds. The van der Waals surface area contributed by atoms with Crippen molar-refractivity contribution in [2.24, 2.45) is 0 Å². The molecule has 0 heterocycles. The number of amides is 1. The highest BCUT2D eigenvalue weighted by atomic mass is 32.2. The van der Waals surface area contributed by atoms with E-state index in [9.17, 15) is 13.2 Å². The molecule has 0 aliphatic rings. The van der Waals surface area contributed by atoms with Gasteiger partial charge in [0.2, 0.25) is 15.9 Å². The van der Waals surface area contributed by atoms with Gasteiger partial charge in [0.15, 0.2) is 0 Å². The van der Waals surface area contributed by atoms with E-state index in [0.29, 0.717) is 5.69 Å². The Hall–Kier alpha value is -2.34. The first-order valence-corrected chi connectivity index (χ1v) is 10.8. The first-order valence-electron chi connectivity index (χ1n) is 8.94. The Morgan fingerprint density at radius 1 is 0.963 bits per heavy atom. The number of nitrogens with one attached hydrogen (secondary N) is 1. The molecular weight excluding hydrogens is 360 g/mol. The minimum Gasteiger partial charge on any atom is -0.348 e. The van der Waals surface area contributed by atoms with Gasteiger partial charge >= 0.3 is 0 Å². The third-order valence-corrected chi connectivity index (χ3v) is 6.01. The lowest BCUT2D eigenvalue weighted by Crippen LogP contribution is -2.48. The molecular formula is C21H28N2O3S. The summed E-state index contributed by atoms with van der Waals surface area (Å²) in [5.74, 6) is -0.341. The van der Waals surface area contributed by atoms with Crippen molar-refractivity contribution in [3.8, 4) is 0 Å². The van der Waals surface area contributed by atoms with Gasteiger partial charge in [-0.25, -0.2) is 8.42 Å². The van der Waals surface area contributed by atoms with Crippen LogP contribution >= 0.6 is 0 Å². The molecule has 2 aromatic rings. The molecule has 0 aromatic heterocycles. The van der Waals surface area contributed by atoms with Gasteiger partial charge in [-0.05, 0) is 63.4 Å². The lowest BCUT2D eigenvalue weighted by Gasteiger charge is -2.29. The number of benzene rings is 2. The number of nitrogens with zero attached hydrogens (tertiary/aromatic N) is 1. The molecule has 27 heavy (non-hydrogen) atoms. The summed E-state index contributed by atoms with van der Waals surface area (Å²) < 4.78 is 26.0. The lowest BCUT2D eigenvalue weighted by molar-refractivity contribution is -0.122. The van der Waals surface area contributed by atoms with Crippen molar-refractivity contribution in [3.63, 3.8) is 0 Å². The molecule has 5 nitrogen and oxygen atoms in total. The minimum atomic E-state index is -3.63. The Morgan fingerprint density at radius 2 is 1.56 bits per heavy atom. The number of rotatable bonds is 6. The molecule has 0 saturated heterocycles. The molecule has 0 radical (unpaired) electrons. The predicted molar refractivity (Wildman–Crippen MR) is 110 cm³/mol. The first kappa shape index (κ1) is 21.0. The predicted octanol–water partition coefficient (Wildman–Crippen LogP) is 3.64. The normalized spacial score (nSPS) is 13.7. The molecule has 0 unspecified atom stereocenters. The van der Waals surface area contributed by atoms with Crippen LogP contribution in [0.25, 0.3) is 0 Å². The zero-order chi connectivity index (χ0) is 20.4. The second-order valence-corrected chi connectivity index (χ2v) is 9.00. The van der Waals surface area contributed by atoms with Gasteiger partial charge in [-0.1, -0.05) is 35.9 Å². The zero-order valence-corrected chi connectivity index (χ0v) is 17.6. The van der Waals surface area contributed by atoms with Crippen LogP contribution in [-0.2, 0) is 14.8 Å². The average molecular weight is 389 g/mol. The molecule has 0 saturated carbocycles. The van der Waals surface area contributed by atoms with Gasteiger partial charge < -0.3 is 5.32 Å². The van der Waals surface area contributed by atoms with E-state index in [4.69, 9.17) is 0 Å². The molecule has 2 aromatic carbocycles. The molecule has 0 fully saturated rings. The van der Waals surface area contributed by atoms with Crippen LogP contribution in [0, 0.1) is 20.8 Å². The molecule has 2 rings (SSSR count). The lowest BCUT2D eigenvalue weighted by atomic mass is 10.1. The zero-order valence-electron chi connectivity index (χ0n) is 16.8. The second kappa shape index (κ2) is 8.13. The number of carbonyl (C=O) groups excluding carboxylic acids is 1. The third kappa shape index (κ3) is 5.10. The summed E-state index contributed by atoms with van der Waals surface area (Å²) in [5.41, 5.74) is 4.65. The number of hydrogen-bond donors (Lipinski definition) is 1. The number of carbonyl (C=O) groups is 1. The van der Waals surface area contributed by atoms with Crippen molar-refractivity contribution in [2.75, 3.05) is 10.6 Å². The van der Waals surface area contributed by atoms with Crippen LogP contribution in [0.5, 0.6) is 0 Å².